The molecule has 1 fully saturated rings. The fourth-order valence-corrected chi connectivity index (χ4v) is 6.54. The van der Waals surface area contributed by atoms with Crippen LogP contribution in [0.3, 0.4) is 0 Å². The van der Waals surface area contributed by atoms with Crippen LogP contribution < -0.4 is 4.90 Å². The van der Waals surface area contributed by atoms with Gasteiger partial charge >= 0.3 is 0 Å². The van der Waals surface area contributed by atoms with Crippen molar-refractivity contribution in [3.05, 3.63) is 84.1 Å². The fourth-order valence-electron chi connectivity index (χ4n) is 4.90. The number of anilines is 1. The third kappa shape index (κ3) is 4.42. The van der Waals surface area contributed by atoms with E-state index in [4.69, 9.17) is 9.97 Å². The Bertz CT molecular complexity index is 1460. The zero-order chi connectivity index (χ0) is 24.6. The van der Waals surface area contributed by atoms with E-state index in [2.05, 4.69) is 18.7 Å². The van der Waals surface area contributed by atoms with E-state index >= 15 is 0 Å². The fraction of sp³-hybridized carbons (Fsp3) is 0.286. The average molecular weight is 487 g/mol. The van der Waals surface area contributed by atoms with Gasteiger partial charge < -0.3 is 4.90 Å². The van der Waals surface area contributed by atoms with Crippen molar-refractivity contribution in [1.29, 1.82) is 0 Å². The third-order valence-corrected chi connectivity index (χ3v) is 8.59. The molecular weight excluding hydrogens is 456 g/mol. The minimum absolute atomic E-state index is 0.257. The first-order chi connectivity index (χ1) is 16.9. The Morgan fingerprint density at radius 3 is 2.17 bits per heavy atom. The average Bonchev–Trinajstić information content (AvgIpc) is 2.88. The van der Waals surface area contributed by atoms with Crippen molar-refractivity contribution in [2.24, 2.45) is 0 Å². The Balaban J connectivity index is 1.45. The second-order valence-electron chi connectivity index (χ2n) is 9.26. The van der Waals surface area contributed by atoms with Crippen LogP contribution in [0.5, 0.6) is 0 Å². The monoisotopic (exact) mass is 486 g/mol. The van der Waals surface area contributed by atoms with E-state index in [-0.39, 0.29) is 5.92 Å². The standard InChI is InChI=1S/C28H30N4O2S/c1-20(2)26-21(3)29-27(23-11-5-4-6-12-23)30-28(26)31-16-18-32(19-17-31)35(33,34)25-15-9-13-22-10-7-8-14-24(22)25/h4-15,20H,16-19H2,1-3H3. The molecule has 1 saturated heterocycles. The van der Waals surface area contributed by atoms with Crippen LogP contribution in [0.15, 0.2) is 77.7 Å². The van der Waals surface area contributed by atoms with Gasteiger partial charge in [0.05, 0.1) is 4.90 Å². The second-order valence-corrected chi connectivity index (χ2v) is 11.2. The van der Waals surface area contributed by atoms with Crippen LogP contribution in [0, 0.1) is 6.92 Å². The molecule has 0 atom stereocenters. The van der Waals surface area contributed by atoms with E-state index < -0.39 is 10.0 Å². The highest BCUT2D eigenvalue weighted by Crippen LogP contribution is 2.32. The van der Waals surface area contributed by atoms with Gasteiger partial charge in [0.2, 0.25) is 10.0 Å². The van der Waals surface area contributed by atoms with Gasteiger partial charge in [0.25, 0.3) is 0 Å². The number of aryl methyl sites for hydroxylation is 1. The Kier molecular flexibility index (Phi) is 6.30. The van der Waals surface area contributed by atoms with Gasteiger partial charge in [0.1, 0.15) is 5.82 Å². The van der Waals surface area contributed by atoms with Gasteiger partial charge in [-0.1, -0.05) is 80.6 Å². The lowest BCUT2D eigenvalue weighted by Gasteiger charge is -2.36. The third-order valence-electron chi connectivity index (χ3n) is 6.63. The zero-order valence-electron chi connectivity index (χ0n) is 20.3. The number of sulfonamides is 1. The van der Waals surface area contributed by atoms with E-state index in [1.807, 2.05) is 73.7 Å². The van der Waals surface area contributed by atoms with Crippen molar-refractivity contribution in [3.8, 4) is 11.4 Å². The molecule has 0 saturated carbocycles. The highest BCUT2D eigenvalue weighted by atomic mass is 32.2. The maximum absolute atomic E-state index is 13.6. The second kappa shape index (κ2) is 9.40. The molecule has 0 N–H and O–H groups in total. The normalized spacial score (nSPS) is 15.1. The summed E-state index contributed by atoms with van der Waals surface area (Å²) in [6, 6.07) is 23.1. The lowest BCUT2D eigenvalue weighted by atomic mass is 10.0. The van der Waals surface area contributed by atoms with Gasteiger partial charge in [0.15, 0.2) is 5.82 Å². The van der Waals surface area contributed by atoms with Gasteiger partial charge in [-0.2, -0.15) is 4.31 Å². The molecule has 35 heavy (non-hydrogen) atoms. The molecule has 0 amide bonds. The summed E-state index contributed by atoms with van der Waals surface area (Å²) in [5, 5.41) is 1.69. The van der Waals surface area contributed by atoms with Crippen molar-refractivity contribution < 1.29 is 8.42 Å². The molecule has 5 rings (SSSR count). The van der Waals surface area contributed by atoms with E-state index in [0.29, 0.717) is 36.9 Å². The lowest BCUT2D eigenvalue weighted by Crippen LogP contribution is -2.49. The molecule has 6 nitrogen and oxygen atoms in total. The maximum atomic E-state index is 13.6. The first-order valence-corrected chi connectivity index (χ1v) is 13.5. The molecule has 7 heteroatoms. The number of rotatable bonds is 5. The van der Waals surface area contributed by atoms with Crippen molar-refractivity contribution in [2.45, 2.75) is 31.6 Å². The Morgan fingerprint density at radius 2 is 1.46 bits per heavy atom. The number of hydrogen-bond donors (Lipinski definition) is 0. The summed E-state index contributed by atoms with van der Waals surface area (Å²) in [5.41, 5.74) is 3.06. The number of benzene rings is 3. The first kappa shape index (κ1) is 23.5. The molecule has 0 unspecified atom stereocenters. The predicted octanol–water partition coefficient (Wildman–Crippen LogP) is 5.24. The van der Waals surface area contributed by atoms with Crippen molar-refractivity contribution in [3.63, 3.8) is 0 Å². The van der Waals surface area contributed by atoms with Gasteiger partial charge in [-0.3, -0.25) is 0 Å². The molecule has 180 valence electrons. The van der Waals surface area contributed by atoms with Gasteiger partial charge in [-0.05, 0) is 24.3 Å². The molecule has 2 heterocycles. The van der Waals surface area contributed by atoms with E-state index in [0.717, 1.165) is 33.4 Å². The van der Waals surface area contributed by atoms with Crippen molar-refractivity contribution in [1.82, 2.24) is 14.3 Å². The van der Waals surface area contributed by atoms with Crippen LogP contribution in [-0.4, -0.2) is 48.9 Å². The highest BCUT2D eigenvalue weighted by molar-refractivity contribution is 7.89. The molecular formula is C28H30N4O2S. The summed E-state index contributed by atoms with van der Waals surface area (Å²) in [6.07, 6.45) is 0. The van der Waals surface area contributed by atoms with Crippen LogP contribution in [-0.2, 0) is 10.0 Å². The summed E-state index contributed by atoms with van der Waals surface area (Å²) < 4.78 is 28.8. The molecule has 0 spiro atoms. The maximum Gasteiger partial charge on any atom is 0.243 e. The summed E-state index contributed by atoms with van der Waals surface area (Å²) in [4.78, 5) is 12.4. The molecule has 3 aromatic carbocycles. The molecule has 1 aliphatic heterocycles. The minimum atomic E-state index is -3.61. The molecule has 4 aromatic rings. The Morgan fingerprint density at radius 1 is 0.800 bits per heavy atom. The minimum Gasteiger partial charge on any atom is -0.354 e. The summed E-state index contributed by atoms with van der Waals surface area (Å²) in [5.74, 6) is 1.87. The summed E-state index contributed by atoms with van der Waals surface area (Å²) in [6.45, 7) is 8.31. The Hall–Kier alpha value is -3.29. The molecule has 1 aliphatic rings. The van der Waals surface area contributed by atoms with Gasteiger partial charge in [0, 0.05) is 48.4 Å². The van der Waals surface area contributed by atoms with Crippen molar-refractivity contribution >= 4 is 26.6 Å². The first-order valence-electron chi connectivity index (χ1n) is 12.0. The largest absolute Gasteiger partial charge is 0.354 e. The highest BCUT2D eigenvalue weighted by Gasteiger charge is 2.31. The number of aromatic nitrogens is 2. The molecule has 1 aromatic heterocycles. The summed E-state index contributed by atoms with van der Waals surface area (Å²) in [7, 11) is -3.61. The van der Waals surface area contributed by atoms with Crippen LogP contribution in [0.25, 0.3) is 22.2 Å². The number of hydrogen-bond acceptors (Lipinski definition) is 5. The van der Waals surface area contributed by atoms with Crippen LogP contribution in [0.4, 0.5) is 5.82 Å². The van der Waals surface area contributed by atoms with Crippen molar-refractivity contribution in [2.75, 3.05) is 31.1 Å². The van der Waals surface area contributed by atoms with Crippen LogP contribution >= 0.6 is 0 Å². The van der Waals surface area contributed by atoms with E-state index in [1.165, 1.54) is 0 Å². The zero-order valence-corrected chi connectivity index (χ0v) is 21.2. The molecule has 0 bridgehead atoms. The predicted molar refractivity (Wildman–Crippen MR) is 141 cm³/mol. The topological polar surface area (TPSA) is 66.4 Å². The van der Waals surface area contributed by atoms with Crippen LogP contribution in [0.2, 0.25) is 0 Å². The van der Waals surface area contributed by atoms with E-state index in [9.17, 15) is 8.42 Å². The number of piperazine rings is 1. The number of fused-ring (bicyclic) bond motifs is 1. The SMILES string of the molecule is Cc1nc(-c2ccccc2)nc(N2CCN(S(=O)(=O)c3cccc4ccccc34)CC2)c1C(C)C. The van der Waals surface area contributed by atoms with Crippen LogP contribution in [0.1, 0.15) is 31.0 Å². The van der Waals surface area contributed by atoms with Gasteiger partial charge in [-0.15, -0.1) is 0 Å². The van der Waals surface area contributed by atoms with Gasteiger partial charge in [-0.25, -0.2) is 18.4 Å². The Labute approximate surface area is 207 Å². The molecule has 0 aliphatic carbocycles. The summed E-state index contributed by atoms with van der Waals surface area (Å²) >= 11 is 0. The van der Waals surface area contributed by atoms with E-state index in [1.54, 1.807) is 10.4 Å². The lowest BCUT2D eigenvalue weighted by molar-refractivity contribution is 0.383. The molecule has 0 radical (unpaired) electrons. The smallest absolute Gasteiger partial charge is 0.243 e. The number of nitrogens with zero attached hydrogens (tertiary/aromatic N) is 4. The quantitative estimate of drug-likeness (QED) is 0.386.